The summed E-state index contributed by atoms with van der Waals surface area (Å²) in [5.41, 5.74) is -0.984. The quantitative estimate of drug-likeness (QED) is 0.484. The van der Waals surface area contributed by atoms with Crippen LogP contribution < -0.4 is 0 Å². The molecule has 3 atom stereocenters. The second-order valence-corrected chi connectivity index (χ2v) is 9.91. The summed E-state index contributed by atoms with van der Waals surface area (Å²) in [6, 6.07) is 2.04. The van der Waals surface area contributed by atoms with Crippen molar-refractivity contribution in [1.29, 1.82) is 5.26 Å². The van der Waals surface area contributed by atoms with Gasteiger partial charge in [0, 0.05) is 10.8 Å². The summed E-state index contributed by atoms with van der Waals surface area (Å²) < 4.78 is 0. The monoisotopic (exact) mass is 413 g/mol. The predicted molar refractivity (Wildman–Crippen MR) is 117 cm³/mol. The molecule has 3 aliphatic carbocycles. The maximum absolute atomic E-state index is 12.9. The maximum Gasteiger partial charge on any atom is 0.226 e. The van der Waals surface area contributed by atoms with E-state index in [2.05, 4.69) is 21.6 Å². The van der Waals surface area contributed by atoms with Crippen molar-refractivity contribution in [2.75, 3.05) is 19.6 Å². The molecule has 2 fully saturated rings. The van der Waals surface area contributed by atoms with Crippen LogP contribution in [0, 0.1) is 51.9 Å². The Morgan fingerprint density at radius 2 is 1.94 bits per heavy atom. The van der Waals surface area contributed by atoms with Crippen molar-refractivity contribution in [3.63, 3.8) is 0 Å². The molecular weight excluding hydrogens is 386 g/mol. The molecule has 158 valence electrons. The van der Waals surface area contributed by atoms with E-state index < -0.39 is 16.2 Å². The van der Waals surface area contributed by atoms with Crippen molar-refractivity contribution in [2.45, 2.75) is 46.5 Å². The van der Waals surface area contributed by atoms with Gasteiger partial charge in [-0.25, -0.2) is 4.85 Å². The lowest BCUT2D eigenvalue weighted by atomic mass is 9.46. The number of hydrogen-bond acceptors (Lipinski definition) is 4. The molecular formula is C26H27N3O2. The molecule has 1 heterocycles. The van der Waals surface area contributed by atoms with Crippen molar-refractivity contribution >= 4 is 11.6 Å². The molecule has 5 nitrogen and oxygen atoms in total. The number of allylic oxidation sites excluding steroid dienone is 6. The van der Waals surface area contributed by atoms with Gasteiger partial charge in [0.05, 0.1) is 24.1 Å². The highest BCUT2D eigenvalue weighted by Gasteiger charge is 2.59. The van der Waals surface area contributed by atoms with Crippen LogP contribution in [0.4, 0.5) is 0 Å². The molecule has 0 unspecified atom stereocenters. The largest absolute Gasteiger partial charge is 0.307 e. The Bertz CT molecular complexity index is 1090. The fourth-order valence-electron chi connectivity index (χ4n) is 6.15. The van der Waals surface area contributed by atoms with Gasteiger partial charge in [-0.15, -0.1) is 0 Å². The van der Waals surface area contributed by atoms with Gasteiger partial charge in [-0.2, -0.15) is 5.26 Å². The van der Waals surface area contributed by atoms with Gasteiger partial charge in [-0.3, -0.25) is 9.69 Å². The summed E-state index contributed by atoms with van der Waals surface area (Å²) in [4.78, 5) is 31.5. The number of ketones is 2. The van der Waals surface area contributed by atoms with Crippen molar-refractivity contribution in [1.82, 2.24) is 4.90 Å². The zero-order valence-corrected chi connectivity index (χ0v) is 18.4. The highest BCUT2D eigenvalue weighted by atomic mass is 16.1. The lowest BCUT2D eigenvalue weighted by molar-refractivity contribution is -0.130. The molecule has 1 aliphatic heterocycles. The molecule has 0 aromatic heterocycles. The first-order valence-corrected chi connectivity index (χ1v) is 11.0. The Morgan fingerprint density at radius 3 is 2.58 bits per heavy atom. The average molecular weight is 414 g/mol. The first kappa shape index (κ1) is 21.3. The highest BCUT2D eigenvalue weighted by molar-refractivity contribution is 6.09. The lowest BCUT2D eigenvalue weighted by Crippen LogP contribution is -2.53. The number of carbonyl (C=O) groups is 2. The lowest BCUT2D eigenvalue weighted by Gasteiger charge is -2.56. The van der Waals surface area contributed by atoms with Crippen LogP contribution in [0.5, 0.6) is 0 Å². The molecule has 4 aliphatic rings. The summed E-state index contributed by atoms with van der Waals surface area (Å²) in [7, 11) is 0. The van der Waals surface area contributed by atoms with Crippen molar-refractivity contribution in [2.24, 2.45) is 22.2 Å². The molecule has 0 radical (unpaired) electrons. The maximum atomic E-state index is 12.9. The molecule has 0 N–H and O–H groups in total. The number of rotatable bonds is 1. The number of likely N-dealkylation sites (tertiary alicyclic amines) is 1. The highest BCUT2D eigenvalue weighted by Crippen LogP contribution is 2.63. The van der Waals surface area contributed by atoms with E-state index in [9.17, 15) is 14.9 Å². The second kappa shape index (κ2) is 7.33. The van der Waals surface area contributed by atoms with Gasteiger partial charge in [0.15, 0.2) is 11.6 Å². The van der Waals surface area contributed by atoms with Gasteiger partial charge in [0.2, 0.25) is 5.70 Å². The Labute approximate surface area is 184 Å². The van der Waals surface area contributed by atoms with E-state index in [1.54, 1.807) is 18.2 Å². The number of nitrogens with zero attached hydrogens (tertiary/aromatic N) is 3. The molecule has 0 aromatic rings. The normalized spacial score (nSPS) is 34.1. The van der Waals surface area contributed by atoms with E-state index in [4.69, 9.17) is 6.57 Å². The summed E-state index contributed by atoms with van der Waals surface area (Å²) in [5.74, 6) is 6.30. The van der Waals surface area contributed by atoms with E-state index in [0.717, 1.165) is 25.1 Å². The minimum atomic E-state index is -0.718. The summed E-state index contributed by atoms with van der Waals surface area (Å²) in [6.45, 7) is 16.2. The van der Waals surface area contributed by atoms with Crippen LogP contribution in [0.1, 0.15) is 46.5 Å². The Kier molecular flexibility index (Phi) is 5.04. The number of Topliss-reactive ketones (excluding diaryl/α,β-unsaturated/α-hetero) is 1. The van der Waals surface area contributed by atoms with Crippen LogP contribution in [0.3, 0.4) is 0 Å². The molecule has 1 saturated carbocycles. The first-order valence-electron chi connectivity index (χ1n) is 11.0. The minimum absolute atomic E-state index is 0.0393. The van der Waals surface area contributed by atoms with Gasteiger partial charge in [-0.05, 0) is 62.4 Å². The van der Waals surface area contributed by atoms with Crippen molar-refractivity contribution < 1.29 is 9.59 Å². The van der Waals surface area contributed by atoms with Crippen LogP contribution in [-0.2, 0) is 9.59 Å². The fourth-order valence-corrected chi connectivity index (χ4v) is 6.15. The number of nitriles is 1. The van der Waals surface area contributed by atoms with E-state index in [0.29, 0.717) is 13.0 Å². The van der Waals surface area contributed by atoms with Crippen molar-refractivity contribution in [3.05, 3.63) is 46.5 Å². The number of hydrogen-bond donors (Lipinski definition) is 0. The molecule has 31 heavy (non-hydrogen) atoms. The van der Waals surface area contributed by atoms with Crippen LogP contribution in [0.25, 0.3) is 4.85 Å². The Hall–Kier alpha value is -2.94. The molecule has 0 aromatic carbocycles. The molecule has 0 spiro atoms. The van der Waals surface area contributed by atoms with Crippen LogP contribution in [0.15, 0.2) is 35.1 Å². The van der Waals surface area contributed by atoms with Crippen LogP contribution in [0.2, 0.25) is 0 Å². The number of fused-ring (bicyclic) bond motifs is 3. The Morgan fingerprint density at radius 1 is 1.23 bits per heavy atom. The van der Waals surface area contributed by atoms with E-state index in [-0.39, 0.29) is 28.8 Å². The first-order chi connectivity index (χ1) is 14.7. The third kappa shape index (κ3) is 3.18. The van der Waals surface area contributed by atoms with Gasteiger partial charge < -0.3 is 4.79 Å². The SMILES string of the molecule is [C-]#[N+]C1=C[C@]2(C)C3=CC(=O)C(C#N)=C[C@]3(C#CCN3CCCC3)CC[C@H]2C(C)(C)C1=O. The third-order valence-electron chi connectivity index (χ3n) is 7.72. The van der Waals surface area contributed by atoms with E-state index in [1.807, 2.05) is 26.8 Å². The average Bonchev–Trinajstić information content (AvgIpc) is 3.25. The van der Waals surface area contributed by atoms with Gasteiger partial charge in [0.1, 0.15) is 6.07 Å². The van der Waals surface area contributed by atoms with Crippen LogP contribution >= 0.6 is 0 Å². The molecule has 5 heteroatoms. The van der Waals surface area contributed by atoms with Gasteiger partial charge in [0.25, 0.3) is 0 Å². The van der Waals surface area contributed by atoms with Gasteiger partial charge in [-0.1, -0.05) is 38.7 Å². The fraction of sp³-hybridized carbons (Fsp3) is 0.538. The molecule has 0 bridgehead atoms. The van der Waals surface area contributed by atoms with Crippen LogP contribution in [-0.4, -0.2) is 36.1 Å². The zero-order valence-electron chi connectivity index (χ0n) is 18.4. The van der Waals surface area contributed by atoms with E-state index >= 15 is 0 Å². The zero-order chi connectivity index (χ0) is 22.4. The minimum Gasteiger partial charge on any atom is -0.307 e. The standard InChI is InChI=1S/C26H27N3O2/c1-24(2)21-8-10-26(9-7-13-29-11-5-6-12-29)15-18(17-27)20(30)14-22(26)25(21,3)16-19(28-4)23(24)31/h14-16,21H,5-6,8,10-13H2,1-3H3/t21-,25-,26-/m0/s1. The summed E-state index contributed by atoms with van der Waals surface area (Å²) in [6.07, 6.45) is 8.85. The topological polar surface area (TPSA) is 65.5 Å². The summed E-state index contributed by atoms with van der Waals surface area (Å²) in [5, 5.41) is 9.54. The van der Waals surface area contributed by atoms with Gasteiger partial charge >= 0.3 is 0 Å². The molecule has 4 rings (SSSR count). The summed E-state index contributed by atoms with van der Waals surface area (Å²) >= 11 is 0. The smallest absolute Gasteiger partial charge is 0.226 e. The Balaban J connectivity index is 1.85. The van der Waals surface area contributed by atoms with E-state index in [1.165, 1.54) is 12.8 Å². The molecule has 0 amide bonds. The van der Waals surface area contributed by atoms with Crippen molar-refractivity contribution in [3.8, 4) is 17.9 Å². The molecule has 1 saturated heterocycles. The second-order valence-electron chi connectivity index (χ2n) is 9.91. The predicted octanol–water partition coefficient (Wildman–Crippen LogP) is 3.86. The third-order valence-corrected chi connectivity index (χ3v) is 7.72. The number of carbonyl (C=O) groups excluding carboxylic acids is 2.